The van der Waals surface area contributed by atoms with E-state index in [0.717, 1.165) is 12.1 Å². The van der Waals surface area contributed by atoms with Crippen LogP contribution >= 0.6 is 0 Å². The highest BCUT2D eigenvalue weighted by molar-refractivity contribution is 5.90. The van der Waals surface area contributed by atoms with Gasteiger partial charge in [-0.05, 0) is 42.5 Å². The van der Waals surface area contributed by atoms with Gasteiger partial charge in [0.2, 0.25) is 17.2 Å². The van der Waals surface area contributed by atoms with Gasteiger partial charge < -0.3 is 48.2 Å². The first-order chi connectivity index (χ1) is 19.2. The van der Waals surface area contributed by atoms with E-state index in [2.05, 4.69) is 0 Å². The van der Waals surface area contributed by atoms with Crippen molar-refractivity contribution in [1.29, 1.82) is 0 Å². The third kappa shape index (κ3) is 4.70. The molecule has 5 rings (SSSR count). The molecule has 0 aliphatic carbocycles. The topological polar surface area (TPSA) is 163 Å². The molecule has 0 saturated carbocycles. The summed E-state index contributed by atoms with van der Waals surface area (Å²) < 4.78 is 39.6. The van der Waals surface area contributed by atoms with E-state index in [9.17, 15) is 24.9 Å². The normalized spacial score (nSPS) is 15.9. The number of carbonyl (C=O) groups excluding carboxylic acids is 1. The van der Waals surface area contributed by atoms with Crippen LogP contribution in [0.5, 0.6) is 46.0 Å². The molecule has 0 spiro atoms. The molecular weight excluding hydrogens is 528 g/mol. The van der Waals surface area contributed by atoms with Crippen molar-refractivity contribution < 1.29 is 53.0 Å². The minimum atomic E-state index is -1.03. The van der Waals surface area contributed by atoms with Crippen LogP contribution in [0.3, 0.4) is 0 Å². The van der Waals surface area contributed by atoms with Gasteiger partial charge >= 0.3 is 11.6 Å². The Morgan fingerprint density at radius 2 is 1.52 bits per heavy atom. The van der Waals surface area contributed by atoms with Crippen molar-refractivity contribution in [2.24, 2.45) is 0 Å². The van der Waals surface area contributed by atoms with Gasteiger partial charge in [-0.1, -0.05) is 0 Å². The Morgan fingerprint density at radius 3 is 2.17 bits per heavy atom. The third-order valence-corrected chi connectivity index (χ3v) is 6.28. The van der Waals surface area contributed by atoms with Crippen LogP contribution in [0.2, 0.25) is 0 Å². The fraction of sp³-hybridized carbons (Fsp3) is 0.214. The highest BCUT2D eigenvalue weighted by Crippen LogP contribution is 2.51. The summed E-state index contributed by atoms with van der Waals surface area (Å²) in [6.45, 7) is -0.369. The fourth-order valence-corrected chi connectivity index (χ4v) is 4.30. The lowest BCUT2D eigenvalue weighted by Gasteiger charge is -2.35. The first kappa shape index (κ1) is 26.4. The van der Waals surface area contributed by atoms with Crippen LogP contribution in [0, 0.1) is 0 Å². The van der Waals surface area contributed by atoms with Crippen LogP contribution in [0.4, 0.5) is 0 Å². The molecule has 2 heterocycles. The van der Waals surface area contributed by atoms with E-state index >= 15 is 0 Å². The molecule has 0 amide bonds. The Hall–Kier alpha value is -5.26. The summed E-state index contributed by atoms with van der Waals surface area (Å²) in [5, 5.41) is 30.2. The number of benzene rings is 3. The molecule has 12 nitrogen and oxygen atoms in total. The molecule has 2 atom stereocenters. The van der Waals surface area contributed by atoms with Gasteiger partial charge in [-0.25, -0.2) is 9.59 Å². The second-order valence-electron chi connectivity index (χ2n) is 8.68. The number of hydrogen-bond donors (Lipinski definition) is 3. The molecule has 0 fully saturated rings. The number of phenols is 3. The van der Waals surface area contributed by atoms with Crippen molar-refractivity contribution in [3.63, 3.8) is 0 Å². The summed E-state index contributed by atoms with van der Waals surface area (Å²) in [4.78, 5) is 24.8. The van der Waals surface area contributed by atoms with Gasteiger partial charge in [0, 0.05) is 17.0 Å². The van der Waals surface area contributed by atoms with E-state index in [-0.39, 0.29) is 52.3 Å². The number of rotatable bonds is 7. The first-order valence-corrected chi connectivity index (χ1v) is 11.9. The van der Waals surface area contributed by atoms with Crippen LogP contribution < -0.4 is 29.3 Å². The Kier molecular flexibility index (Phi) is 6.91. The van der Waals surface area contributed by atoms with Crippen molar-refractivity contribution in [2.45, 2.75) is 12.2 Å². The van der Waals surface area contributed by atoms with Gasteiger partial charge in [-0.15, -0.1) is 0 Å². The van der Waals surface area contributed by atoms with Crippen molar-refractivity contribution in [1.82, 2.24) is 0 Å². The molecule has 208 valence electrons. The summed E-state index contributed by atoms with van der Waals surface area (Å²) in [6, 6.07) is 10.9. The lowest BCUT2D eigenvalue weighted by molar-refractivity contribution is -0.0264. The fourth-order valence-electron chi connectivity index (χ4n) is 4.30. The summed E-state index contributed by atoms with van der Waals surface area (Å²) in [5.41, 5.74) is -0.108. The Balaban J connectivity index is 1.59. The Labute approximate surface area is 226 Å². The maximum absolute atomic E-state index is 12.8. The Morgan fingerprint density at radius 1 is 0.825 bits per heavy atom. The van der Waals surface area contributed by atoms with Gasteiger partial charge in [0.1, 0.15) is 6.61 Å². The summed E-state index contributed by atoms with van der Waals surface area (Å²) >= 11 is 0. The highest BCUT2D eigenvalue weighted by atomic mass is 16.6. The number of methoxy groups -OCH3 is 3. The number of ether oxygens (including phenoxy) is 6. The summed E-state index contributed by atoms with van der Waals surface area (Å²) in [6.07, 6.45) is -2.00. The van der Waals surface area contributed by atoms with Crippen molar-refractivity contribution in [3.8, 4) is 46.0 Å². The monoisotopic (exact) mass is 552 g/mol. The summed E-state index contributed by atoms with van der Waals surface area (Å²) in [7, 11) is 4.18. The molecule has 3 N–H and O–H groups in total. The molecule has 0 unspecified atom stereocenters. The third-order valence-electron chi connectivity index (χ3n) is 6.28. The van der Waals surface area contributed by atoms with Crippen molar-refractivity contribution in [2.75, 3.05) is 27.9 Å². The van der Waals surface area contributed by atoms with E-state index < -0.39 is 35.3 Å². The first-order valence-electron chi connectivity index (χ1n) is 11.9. The molecule has 1 aliphatic heterocycles. The zero-order chi connectivity index (χ0) is 28.6. The maximum atomic E-state index is 12.8. The smallest absolute Gasteiger partial charge is 0.338 e. The molecule has 1 aliphatic rings. The molecule has 0 saturated heterocycles. The van der Waals surface area contributed by atoms with Crippen LogP contribution in [-0.4, -0.2) is 55.3 Å². The molecule has 3 aromatic carbocycles. The molecule has 40 heavy (non-hydrogen) atoms. The average molecular weight is 552 g/mol. The van der Waals surface area contributed by atoms with E-state index in [1.165, 1.54) is 45.6 Å². The quantitative estimate of drug-likeness (QED) is 0.173. The van der Waals surface area contributed by atoms with Crippen molar-refractivity contribution in [3.05, 3.63) is 70.1 Å². The highest BCUT2D eigenvalue weighted by Gasteiger charge is 2.39. The molecule has 0 radical (unpaired) electrons. The standard InChI is InChI=1S/C28H24O12/c1-34-18-10-15(11-19(35-2)23(18)32)24-21(12-37-28(33)14-4-6-16(29)17(30)8-14)38-27-25-13(5-7-22(31)39-25)9-20(36-3)26(27)40-24/h4-11,21,24,29-30,32H,12H2,1-3H3/t21-,24-/m1/s1. The average Bonchev–Trinajstić information content (AvgIpc) is 2.96. The maximum Gasteiger partial charge on any atom is 0.338 e. The Bertz CT molecular complexity index is 1630. The number of aromatic hydroxyl groups is 3. The van der Waals surface area contributed by atoms with Crippen molar-refractivity contribution >= 4 is 16.9 Å². The molecule has 12 heteroatoms. The number of carbonyl (C=O) groups is 1. The van der Waals surface area contributed by atoms with E-state index in [0.29, 0.717) is 10.9 Å². The van der Waals surface area contributed by atoms with Crippen LogP contribution in [0.1, 0.15) is 22.0 Å². The second-order valence-corrected chi connectivity index (χ2v) is 8.68. The minimum absolute atomic E-state index is 0.0185. The van der Waals surface area contributed by atoms with Gasteiger partial charge in [0.25, 0.3) is 0 Å². The zero-order valence-corrected chi connectivity index (χ0v) is 21.5. The minimum Gasteiger partial charge on any atom is -0.504 e. The number of esters is 1. The predicted molar refractivity (Wildman–Crippen MR) is 138 cm³/mol. The van der Waals surface area contributed by atoms with E-state index in [4.69, 9.17) is 32.8 Å². The lowest BCUT2D eigenvalue weighted by Crippen LogP contribution is -2.38. The summed E-state index contributed by atoms with van der Waals surface area (Å²) in [5.74, 6) is -1.27. The molecular formula is C28H24O12. The zero-order valence-electron chi connectivity index (χ0n) is 21.5. The largest absolute Gasteiger partial charge is 0.504 e. The van der Waals surface area contributed by atoms with Gasteiger partial charge in [0.05, 0.1) is 26.9 Å². The van der Waals surface area contributed by atoms with Crippen LogP contribution in [-0.2, 0) is 4.74 Å². The van der Waals surface area contributed by atoms with Crippen LogP contribution in [0.25, 0.3) is 11.0 Å². The van der Waals surface area contributed by atoms with Crippen LogP contribution in [0.15, 0.2) is 57.7 Å². The van der Waals surface area contributed by atoms with E-state index in [1.807, 2.05) is 0 Å². The molecule has 1 aromatic heterocycles. The molecule has 4 aromatic rings. The van der Waals surface area contributed by atoms with Gasteiger partial charge in [0.15, 0.2) is 46.5 Å². The predicted octanol–water partition coefficient (Wildman–Crippen LogP) is 3.67. The number of hydrogen-bond acceptors (Lipinski definition) is 12. The second kappa shape index (κ2) is 10.5. The molecule has 0 bridgehead atoms. The van der Waals surface area contributed by atoms with Gasteiger partial charge in [-0.3, -0.25) is 0 Å². The lowest BCUT2D eigenvalue weighted by atomic mass is 10.0. The van der Waals surface area contributed by atoms with Gasteiger partial charge in [-0.2, -0.15) is 0 Å². The number of phenolic OH excluding ortho intramolecular Hbond substituents is 3. The van der Waals surface area contributed by atoms with E-state index in [1.54, 1.807) is 12.1 Å². The number of fused-ring (bicyclic) bond motifs is 3. The SMILES string of the molecule is COc1cc([C@H]2Oc3c(OC)cc4ccc(=O)oc4c3O[C@@H]2COC(=O)c2ccc(O)c(O)c2)cc(OC)c1O.